The fourth-order valence-corrected chi connectivity index (χ4v) is 4.61. The van der Waals surface area contributed by atoms with Crippen LogP contribution in [0.25, 0.3) is 4.85 Å². The van der Waals surface area contributed by atoms with Crippen molar-refractivity contribution in [3.8, 4) is 0 Å². The Balaban J connectivity index is 0.000000614. The summed E-state index contributed by atoms with van der Waals surface area (Å²) in [5.74, 6) is 0.344. The highest BCUT2D eigenvalue weighted by molar-refractivity contribution is 7.85. The summed E-state index contributed by atoms with van der Waals surface area (Å²) in [4.78, 5) is 17.4. The van der Waals surface area contributed by atoms with Crippen molar-refractivity contribution in [3.63, 3.8) is 0 Å². The maximum Gasteiger partial charge on any atom is 0.303 e. The highest BCUT2D eigenvalue weighted by atomic mass is 32.2. The molecule has 1 amide bonds. The molecule has 12 heteroatoms. The van der Waals surface area contributed by atoms with Gasteiger partial charge in [0.25, 0.3) is 10.1 Å². The zero-order valence-electron chi connectivity index (χ0n) is 18.4. The Morgan fingerprint density at radius 2 is 2.03 bits per heavy atom. The second-order valence-corrected chi connectivity index (χ2v) is 10.7. The Morgan fingerprint density at radius 3 is 2.58 bits per heavy atom. The molecule has 2 heterocycles. The van der Waals surface area contributed by atoms with E-state index in [1.165, 1.54) is 4.90 Å². The molecule has 1 saturated heterocycles. The summed E-state index contributed by atoms with van der Waals surface area (Å²) >= 11 is 0. The maximum absolute atomic E-state index is 13.6. The number of amides is 1. The van der Waals surface area contributed by atoms with Crippen LogP contribution in [0.2, 0.25) is 0 Å². The van der Waals surface area contributed by atoms with Crippen molar-refractivity contribution in [2.24, 2.45) is 16.7 Å². The number of aromatic nitrogens is 4. The molecule has 0 aromatic carbocycles. The summed E-state index contributed by atoms with van der Waals surface area (Å²) in [5.41, 5.74) is 0.0514. The van der Waals surface area contributed by atoms with E-state index < -0.39 is 22.5 Å². The first kappa shape index (κ1) is 25.1. The van der Waals surface area contributed by atoms with Gasteiger partial charge in [0.1, 0.15) is 12.5 Å². The molecule has 0 radical (unpaired) electrons. The molecule has 1 aliphatic carbocycles. The van der Waals surface area contributed by atoms with Crippen LogP contribution in [0.5, 0.6) is 0 Å². The third-order valence-electron chi connectivity index (χ3n) is 7.00. The minimum absolute atomic E-state index is 0.0176. The van der Waals surface area contributed by atoms with Crippen molar-refractivity contribution < 1.29 is 22.2 Å². The Labute approximate surface area is 182 Å². The van der Waals surface area contributed by atoms with Gasteiger partial charge in [-0.25, -0.2) is 15.6 Å². The van der Waals surface area contributed by atoms with Gasteiger partial charge in [0.05, 0.1) is 19.2 Å². The van der Waals surface area contributed by atoms with Gasteiger partial charge in [-0.15, -0.1) is 5.10 Å². The van der Waals surface area contributed by atoms with Crippen LogP contribution in [-0.4, -0.2) is 69.1 Å². The van der Waals surface area contributed by atoms with Crippen molar-refractivity contribution >= 4 is 16.0 Å². The van der Waals surface area contributed by atoms with Gasteiger partial charge in [0.2, 0.25) is 5.91 Å². The smallest absolute Gasteiger partial charge is 0.289 e. The molecule has 1 aromatic rings. The number of tetrazole rings is 1. The maximum atomic E-state index is 13.6. The van der Waals surface area contributed by atoms with Gasteiger partial charge in [-0.1, -0.05) is 20.8 Å². The van der Waals surface area contributed by atoms with E-state index in [9.17, 15) is 17.6 Å². The number of carbonyl (C=O) groups is 1. The Morgan fingerprint density at radius 1 is 1.39 bits per heavy atom. The first-order valence-corrected chi connectivity index (χ1v) is 12.0. The zero-order valence-corrected chi connectivity index (χ0v) is 19.2. The van der Waals surface area contributed by atoms with E-state index in [2.05, 4.69) is 41.1 Å². The van der Waals surface area contributed by atoms with Gasteiger partial charge in [0, 0.05) is 13.0 Å². The monoisotopic (exact) mass is 458 g/mol. The van der Waals surface area contributed by atoms with E-state index in [4.69, 9.17) is 11.1 Å². The number of rotatable bonds is 5. The van der Waals surface area contributed by atoms with E-state index >= 15 is 0 Å². The van der Waals surface area contributed by atoms with Gasteiger partial charge in [-0.3, -0.25) is 19.1 Å². The zero-order chi connectivity index (χ0) is 23.4. The first-order valence-electron chi connectivity index (χ1n) is 10.2. The van der Waals surface area contributed by atoms with Crippen LogP contribution in [0, 0.1) is 23.3 Å². The summed E-state index contributed by atoms with van der Waals surface area (Å²) in [6.07, 6.45) is 4.03. The van der Waals surface area contributed by atoms with Gasteiger partial charge in [-0.05, 0) is 46.4 Å². The summed E-state index contributed by atoms with van der Waals surface area (Å²) in [6, 6.07) is 0. The number of hydrogen-bond acceptors (Lipinski definition) is 6. The van der Waals surface area contributed by atoms with Gasteiger partial charge < -0.3 is 0 Å². The highest BCUT2D eigenvalue weighted by Crippen LogP contribution is 2.58. The lowest BCUT2D eigenvalue weighted by atomic mass is 9.63. The van der Waals surface area contributed by atoms with Gasteiger partial charge in [0.15, 0.2) is 0 Å². The molecule has 31 heavy (non-hydrogen) atoms. The minimum Gasteiger partial charge on any atom is -0.289 e. The SMILES string of the molecule is CS(=O)(=O)O.[C-]#[N+][C@@H]1C[C@H](F)CN1C(=O)CC[C@]1(C)CC[C@H](Cn2cnnn2)C1(C)C. The third-order valence-corrected chi connectivity index (χ3v) is 7.00. The van der Waals surface area contributed by atoms with Crippen molar-refractivity contribution in [2.45, 2.75) is 71.8 Å². The topological polar surface area (TPSA) is 123 Å². The van der Waals surface area contributed by atoms with Crippen molar-refractivity contribution in [2.75, 3.05) is 12.8 Å². The average Bonchev–Trinajstić information content (AvgIpc) is 3.34. The fraction of sp³-hybridized carbons (Fsp3) is 0.842. The van der Waals surface area contributed by atoms with Crippen LogP contribution in [-0.2, 0) is 21.5 Å². The standard InChI is InChI=1S/C18H27FN6O.CH4O3S/c1-17(2)13(10-24-12-21-22-23-24)5-7-18(17,3)8-6-16(26)25-11-14(19)9-15(25)20-4;1-5(2,3)4/h12-15H,5-11H2,1-3H3;1H3,(H,2,3,4)/t13-,14+,15+,18+;/m1./s1. The second-order valence-electron chi connectivity index (χ2n) is 9.27. The number of halogens is 1. The van der Waals surface area contributed by atoms with E-state index in [0.29, 0.717) is 18.6 Å². The average molecular weight is 459 g/mol. The normalized spacial score (nSPS) is 29.8. The molecule has 1 aliphatic heterocycles. The molecule has 0 unspecified atom stereocenters. The summed E-state index contributed by atoms with van der Waals surface area (Å²) in [5, 5.41) is 11.4. The third kappa shape index (κ3) is 6.43. The lowest BCUT2D eigenvalue weighted by Gasteiger charge is -2.42. The molecular weight excluding hydrogens is 427 g/mol. The van der Waals surface area contributed by atoms with Crippen molar-refractivity contribution in [3.05, 3.63) is 17.7 Å². The molecule has 0 bridgehead atoms. The molecule has 10 nitrogen and oxygen atoms in total. The van der Waals surface area contributed by atoms with Crippen LogP contribution in [0.4, 0.5) is 4.39 Å². The summed E-state index contributed by atoms with van der Waals surface area (Å²) < 4.78 is 41.2. The number of alkyl halides is 1. The summed E-state index contributed by atoms with van der Waals surface area (Å²) in [7, 11) is -3.67. The molecule has 1 saturated carbocycles. The van der Waals surface area contributed by atoms with E-state index in [1.54, 1.807) is 11.0 Å². The van der Waals surface area contributed by atoms with Crippen LogP contribution in [0.3, 0.4) is 0 Å². The number of nitrogens with zero attached hydrogens (tertiary/aromatic N) is 6. The van der Waals surface area contributed by atoms with E-state index in [0.717, 1.165) is 25.8 Å². The van der Waals surface area contributed by atoms with Gasteiger partial charge >= 0.3 is 6.17 Å². The Bertz CT molecular complexity index is 893. The molecule has 1 N–H and O–H groups in total. The van der Waals surface area contributed by atoms with Crippen LogP contribution in [0.15, 0.2) is 6.33 Å². The fourth-order valence-electron chi connectivity index (χ4n) is 4.61. The largest absolute Gasteiger partial charge is 0.303 e. The minimum atomic E-state index is -3.67. The summed E-state index contributed by atoms with van der Waals surface area (Å²) in [6.45, 7) is 14.8. The van der Waals surface area contributed by atoms with E-state index in [-0.39, 0.29) is 29.7 Å². The lowest BCUT2D eigenvalue weighted by Crippen LogP contribution is -2.38. The Kier molecular flexibility index (Phi) is 7.75. The van der Waals surface area contributed by atoms with Crippen molar-refractivity contribution in [1.29, 1.82) is 0 Å². The lowest BCUT2D eigenvalue weighted by molar-refractivity contribution is -0.132. The van der Waals surface area contributed by atoms with E-state index in [1.807, 2.05) is 0 Å². The van der Waals surface area contributed by atoms with Gasteiger partial charge in [-0.2, -0.15) is 8.42 Å². The molecule has 1 aromatic heterocycles. The predicted molar refractivity (Wildman–Crippen MR) is 111 cm³/mol. The molecule has 2 fully saturated rings. The highest BCUT2D eigenvalue weighted by Gasteiger charge is 2.51. The quantitative estimate of drug-likeness (QED) is 0.530. The van der Waals surface area contributed by atoms with Crippen LogP contribution >= 0.6 is 0 Å². The Hall–Kier alpha value is -2.13. The second kappa shape index (κ2) is 9.56. The van der Waals surface area contributed by atoms with Crippen LogP contribution in [0.1, 0.15) is 52.9 Å². The molecule has 174 valence electrons. The first-order chi connectivity index (χ1) is 14.3. The molecule has 2 aliphatic rings. The molecule has 3 rings (SSSR count). The number of hydrogen-bond donors (Lipinski definition) is 1. The van der Waals surface area contributed by atoms with Crippen LogP contribution < -0.4 is 0 Å². The number of likely N-dealkylation sites (tertiary alicyclic amines) is 1. The van der Waals surface area contributed by atoms with Crippen molar-refractivity contribution in [1.82, 2.24) is 25.1 Å². The molecule has 0 spiro atoms. The number of carbonyl (C=O) groups excluding carboxylic acids is 1. The molecule has 4 atom stereocenters. The predicted octanol–water partition coefficient (Wildman–Crippen LogP) is 2.22. The molecular formula is C19H31FN6O4S.